The fourth-order valence-electron chi connectivity index (χ4n) is 2.08. The highest BCUT2D eigenvalue weighted by molar-refractivity contribution is 7.99. The SMILES string of the molecule is CC(=O)N1[C@@H](C(=O)O)CS[C@H]1c1cnn(C)c1C. The Morgan fingerprint density at radius 3 is 2.67 bits per heavy atom. The van der Waals surface area contributed by atoms with Gasteiger partial charge in [-0.05, 0) is 6.92 Å². The van der Waals surface area contributed by atoms with Gasteiger partial charge in [-0.15, -0.1) is 11.8 Å². The molecule has 1 aliphatic rings. The number of hydrogen-bond donors (Lipinski definition) is 1. The number of hydrogen-bond acceptors (Lipinski definition) is 4. The van der Waals surface area contributed by atoms with Gasteiger partial charge in [-0.25, -0.2) is 4.79 Å². The van der Waals surface area contributed by atoms with E-state index in [0.717, 1.165) is 11.3 Å². The van der Waals surface area contributed by atoms with Crippen LogP contribution < -0.4 is 0 Å². The summed E-state index contributed by atoms with van der Waals surface area (Å²) in [6.45, 7) is 3.32. The van der Waals surface area contributed by atoms with E-state index in [-0.39, 0.29) is 11.3 Å². The maximum atomic E-state index is 11.7. The van der Waals surface area contributed by atoms with Gasteiger partial charge in [0.1, 0.15) is 11.4 Å². The number of carboxylic acid groups (broad SMARTS) is 1. The highest BCUT2D eigenvalue weighted by atomic mass is 32.2. The van der Waals surface area contributed by atoms with Crippen LogP contribution in [0.1, 0.15) is 23.6 Å². The Labute approximate surface area is 109 Å². The summed E-state index contributed by atoms with van der Waals surface area (Å²) in [5, 5.41) is 13.0. The molecule has 0 aromatic carbocycles. The number of carboxylic acids is 1. The molecule has 1 fully saturated rings. The molecule has 0 spiro atoms. The third-order valence-electron chi connectivity index (χ3n) is 3.19. The lowest BCUT2D eigenvalue weighted by Gasteiger charge is -2.25. The molecule has 98 valence electrons. The summed E-state index contributed by atoms with van der Waals surface area (Å²) < 4.78 is 1.72. The van der Waals surface area contributed by atoms with Gasteiger partial charge in [0.25, 0.3) is 0 Å². The lowest BCUT2D eigenvalue weighted by molar-refractivity contribution is -0.148. The number of carbonyl (C=O) groups is 2. The highest BCUT2D eigenvalue weighted by Crippen LogP contribution is 2.42. The molecule has 0 aliphatic carbocycles. The Hall–Kier alpha value is -1.50. The molecule has 2 heterocycles. The summed E-state index contributed by atoms with van der Waals surface area (Å²) >= 11 is 1.47. The van der Waals surface area contributed by atoms with Crippen molar-refractivity contribution in [3.05, 3.63) is 17.5 Å². The Morgan fingerprint density at radius 1 is 1.56 bits per heavy atom. The molecule has 18 heavy (non-hydrogen) atoms. The highest BCUT2D eigenvalue weighted by Gasteiger charge is 2.42. The average Bonchev–Trinajstić information content (AvgIpc) is 2.84. The van der Waals surface area contributed by atoms with Crippen LogP contribution in [0.3, 0.4) is 0 Å². The Bertz CT molecular complexity index is 500. The van der Waals surface area contributed by atoms with E-state index in [4.69, 9.17) is 5.11 Å². The fraction of sp³-hybridized carbons (Fsp3) is 0.545. The van der Waals surface area contributed by atoms with E-state index in [9.17, 15) is 9.59 Å². The third kappa shape index (κ3) is 1.98. The largest absolute Gasteiger partial charge is 0.480 e. The van der Waals surface area contributed by atoms with Crippen molar-refractivity contribution in [3.63, 3.8) is 0 Å². The van der Waals surface area contributed by atoms with Crippen LogP contribution >= 0.6 is 11.8 Å². The van der Waals surface area contributed by atoms with Gasteiger partial charge in [0.2, 0.25) is 5.91 Å². The van der Waals surface area contributed by atoms with Crippen molar-refractivity contribution < 1.29 is 14.7 Å². The molecule has 2 atom stereocenters. The number of aliphatic carboxylic acids is 1. The Morgan fingerprint density at radius 2 is 2.22 bits per heavy atom. The summed E-state index contributed by atoms with van der Waals surface area (Å²) in [6, 6.07) is -0.753. The van der Waals surface area contributed by atoms with Gasteiger partial charge in [-0.3, -0.25) is 9.48 Å². The van der Waals surface area contributed by atoms with Gasteiger partial charge in [-0.1, -0.05) is 0 Å². The molecule has 0 unspecified atom stereocenters. The van der Waals surface area contributed by atoms with E-state index in [1.807, 2.05) is 14.0 Å². The lowest BCUT2D eigenvalue weighted by Crippen LogP contribution is -2.41. The zero-order valence-corrected chi connectivity index (χ0v) is 11.3. The summed E-state index contributed by atoms with van der Waals surface area (Å²) in [5.74, 6) is -0.768. The van der Waals surface area contributed by atoms with Crippen LogP contribution in [0.2, 0.25) is 0 Å². The summed E-state index contributed by atoms with van der Waals surface area (Å²) in [7, 11) is 1.82. The first-order valence-electron chi connectivity index (χ1n) is 5.55. The molecule has 0 saturated carbocycles. The van der Waals surface area contributed by atoms with Crippen LogP contribution in [0.4, 0.5) is 0 Å². The van der Waals surface area contributed by atoms with Crippen LogP contribution in [0.5, 0.6) is 0 Å². The first kappa shape index (κ1) is 12.9. The summed E-state index contributed by atoms with van der Waals surface area (Å²) in [6.07, 6.45) is 1.70. The van der Waals surface area contributed by atoms with E-state index in [1.165, 1.54) is 23.6 Å². The number of amides is 1. The standard InChI is InChI=1S/C11H15N3O3S/c1-6-8(4-12-13(6)3)10-14(7(2)15)9(5-18-10)11(16)17/h4,9-10H,5H2,1-3H3,(H,16,17)/t9-,10+/m1/s1. The van der Waals surface area contributed by atoms with Crippen LogP contribution in [-0.4, -0.2) is 43.5 Å². The zero-order chi connectivity index (χ0) is 13.4. The van der Waals surface area contributed by atoms with Crippen molar-refractivity contribution in [3.8, 4) is 0 Å². The van der Waals surface area contributed by atoms with Gasteiger partial charge in [0.05, 0.1) is 6.20 Å². The summed E-state index contributed by atoms with van der Waals surface area (Å²) in [5.41, 5.74) is 1.85. The first-order chi connectivity index (χ1) is 8.43. The summed E-state index contributed by atoms with van der Waals surface area (Å²) in [4.78, 5) is 24.3. The van der Waals surface area contributed by atoms with Gasteiger partial charge in [-0.2, -0.15) is 5.10 Å². The minimum absolute atomic E-state index is 0.222. The second-order valence-electron chi connectivity index (χ2n) is 4.27. The van der Waals surface area contributed by atoms with E-state index in [0.29, 0.717) is 5.75 Å². The van der Waals surface area contributed by atoms with Gasteiger partial charge in [0, 0.05) is 31.0 Å². The molecule has 0 bridgehead atoms. The number of nitrogens with zero attached hydrogens (tertiary/aromatic N) is 3. The maximum Gasteiger partial charge on any atom is 0.327 e. The van der Waals surface area contributed by atoms with E-state index in [1.54, 1.807) is 10.9 Å². The van der Waals surface area contributed by atoms with Crippen molar-refractivity contribution in [1.82, 2.24) is 14.7 Å². The molecular formula is C11H15N3O3S. The molecule has 1 amide bonds. The van der Waals surface area contributed by atoms with Crippen molar-refractivity contribution in [1.29, 1.82) is 0 Å². The molecule has 1 aromatic rings. The maximum absolute atomic E-state index is 11.7. The molecular weight excluding hydrogens is 254 g/mol. The zero-order valence-electron chi connectivity index (χ0n) is 10.5. The van der Waals surface area contributed by atoms with Crippen LogP contribution in [0.15, 0.2) is 6.20 Å². The van der Waals surface area contributed by atoms with Gasteiger partial charge in [0.15, 0.2) is 0 Å². The number of aryl methyl sites for hydroxylation is 1. The minimum atomic E-state index is -0.957. The fourth-order valence-corrected chi connectivity index (χ4v) is 3.61. The van der Waals surface area contributed by atoms with Crippen molar-refractivity contribution in [2.24, 2.45) is 7.05 Å². The predicted octanol–water partition coefficient (Wildman–Crippen LogP) is 0.776. The van der Waals surface area contributed by atoms with Crippen molar-refractivity contribution in [2.75, 3.05) is 5.75 Å². The van der Waals surface area contributed by atoms with Crippen LogP contribution in [-0.2, 0) is 16.6 Å². The number of rotatable bonds is 2. The third-order valence-corrected chi connectivity index (χ3v) is 4.49. The average molecular weight is 269 g/mol. The van der Waals surface area contributed by atoms with E-state index >= 15 is 0 Å². The molecule has 7 heteroatoms. The topological polar surface area (TPSA) is 75.4 Å². The molecule has 2 rings (SSSR count). The normalized spacial score (nSPS) is 23.4. The van der Waals surface area contributed by atoms with Crippen LogP contribution in [0, 0.1) is 6.92 Å². The Balaban J connectivity index is 2.37. The lowest BCUT2D eigenvalue weighted by atomic mass is 10.2. The second-order valence-corrected chi connectivity index (χ2v) is 5.39. The molecule has 1 saturated heterocycles. The molecule has 1 aromatic heterocycles. The monoisotopic (exact) mass is 269 g/mol. The van der Waals surface area contributed by atoms with Crippen molar-refractivity contribution in [2.45, 2.75) is 25.3 Å². The molecule has 1 N–H and O–H groups in total. The molecule has 1 aliphatic heterocycles. The quantitative estimate of drug-likeness (QED) is 0.858. The second kappa shape index (κ2) is 4.64. The predicted molar refractivity (Wildman–Crippen MR) is 67.1 cm³/mol. The smallest absolute Gasteiger partial charge is 0.327 e. The number of thioether (sulfide) groups is 1. The number of aromatic nitrogens is 2. The van der Waals surface area contributed by atoms with Crippen molar-refractivity contribution >= 4 is 23.6 Å². The number of carbonyl (C=O) groups excluding carboxylic acids is 1. The van der Waals surface area contributed by atoms with E-state index < -0.39 is 12.0 Å². The molecule has 6 nitrogen and oxygen atoms in total. The molecule has 0 radical (unpaired) electrons. The first-order valence-corrected chi connectivity index (χ1v) is 6.60. The van der Waals surface area contributed by atoms with Gasteiger partial charge >= 0.3 is 5.97 Å². The Kier molecular flexibility index (Phi) is 3.34. The van der Waals surface area contributed by atoms with Crippen LogP contribution in [0.25, 0.3) is 0 Å². The van der Waals surface area contributed by atoms with E-state index in [2.05, 4.69) is 5.10 Å². The minimum Gasteiger partial charge on any atom is -0.480 e. The van der Waals surface area contributed by atoms with Gasteiger partial charge < -0.3 is 10.0 Å².